The van der Waals surface area contributed by atoms with Crippen molar-refractivity contribution in [3.63, 3.8) is 0 Å². The summed E-state index contributed by atoms with van der Waals surface area (Å²) in [5, 5.41) is 3.00. The maximum atomic E-state index is 13.1. The van der Waals surface area contributed by atoms with E-state index < -0.39 is 23.7 Å². The van der Waals surface area contributed by atoms with Crippen molar-refractivity contribution in [2.45, 2.75) is 26.4 Å². The van der Waals surface area contributed by atoms with Crippen molar-refractivity contribution >= 4 is 34.7 Å². The van der Waals surface area contributed by atoms with Crippen LogP contribution in [0.15, 0.2) is 33.9 Å². The van der Waals surface area contributed by atoms with E-state index in [0.29, 0.717) is 50.0 Å². The molecule has 1 fully saturated rings. The Kier molecular flexibility index (Phi) is 6.60. The average Bonchev–Trinajstić information content (AvgIpc) is 2.71. The number of hydrogen-bond acceptors (Lipinski definition) is 6. The molecule has 2 aromatic rings. The van der Waals surface area contributed by atoms with Crippen molar-refractivity contribution in [2.24, 2.45) is 0 Å². The van der Waals surface area contributed by atoms with Crippen LogP contribution in [0.2, 0.25) is 5.02 Å². The molecule has 3 rings (SSSR count). The van der Waals surface area contributed by atoms with E-state index in [1.807, 2.05) is 6.92 Å². The molecular weight excluding hydrogens is 398 g/mol. The van der Waals surface area contributed by atoms with E-state index in [1.165, 1.54) is 4.57 Å². The Morgan fingerprint density at radius 2 is 1.90 bits per heavy atom. The smallest absolute Gasteiger partial charge is 0.333 e. The summed E-state index contributed by atoms with van der Waals surface area (Å²) in [6.07, 6.45) is 0.649. The first-order chi connectivity index (χ1) is 13.9. The predicted molar refractivity (Wildman–Crippen MR) is 113 cm³/mol. The number of nitrogens with zero attached hydrogens (tertiary/aromatic N) is 3. The Balaban J connectivity index is 1.99. The fourth-order valence-electron chi connectivity index (χ4n) is 3.26. The van der Waals surface area contributed by atoms with Crippen LogP contribution >= 0.6 is 11.6 Å². The van der Waals surface area contributed by atoms with Crippen molar-refractivity contribution < 1.29 is 9.53 Å². The van der Waals surface area contributed by atoms with Gasteiger partial charge in [-0.2, -0.15) is 0 Å². The number of nitrogens with one attached hydrogen (secondary N) is 1. The summed E-state index contributed by atoms with van der Waals surface area (Å²) in [4.78, 5) is 40.3. The number of hydrogen-bond donors (Lipinski definition) is 2. The summed E-state index contributed by atoms with van der Waals surface area (Å²) >= 11 is 6.06. The number of anilines is 3. The first kappa shape index (κ1) is 20.9. The fourth-order valence-corrected chi connectivity index (χ4v) is 3.44. The average molecular weight is 422 g/mol. The molecule has 1 aromatic carbocycles. The Morgan fingerprint density at radius 3 is 2.55 bits per heavy atom. The predicted octanol–water partition coefficient (Wildman–Crippen LogP) is 1.13. The molecule has 2 heterocycles. The molecule has 1 saturated heterocycles. The second-order valence-electron chi connectivity index (χ2n) is 6.69. The number of carbonyl (C=O) groups is 1. The first-order valence-corrected chi connectivity index (χ1v) is 9.82. The lowest BCUT2D eigenvalue weighted by Gasteiger charge is -2.30. The molecule has 0 atom stereocenters. The maximum Gasteiger partial charge on any atom is 0.333 e. The second-order valence-corrected chi connectivity index (χ2v) is 7.09. The zero-order chi connectivity index (χ0) is 21.0. The van der Waals surface area contributed by atoms with Crippen LogP contribution in [-0.2, 0) is 22.6 Å². The molecule has 3 N–H and O–H groups in total. The van der Waals surface area contributed by atoms with E-state index in [2.05, 4.69) is 5.32 Å². The molecule has 1 amide bonds. The monoisotopic (exact) mass is 421 g/mol. The largest absolute Gasteiger partial charge is 0.383 e. The van der Waals surface area contributed by atoms with Crippen LogP contribution < -0.4 is 27.2 Å². The van der Waals surface area contributed by atoms with Crippen molar-refractivity contribution in [2.75, 3.05) is 42.3 Å². The Hall–Kier alpha value is -2.78. The number of nitrogens with two attached hydrogens (primary N) is 1. The normalized spacial score (nSPS) is 14.1. The molecule has 156 valence electrons. The lowest BCUT2D eigenvalue weighted by atomic mass is 10.3. The van der Waals surface area contributed by atoms with Gasteiger partial charge in [-0.15, -0.1) is 0 Å². The molecule has 0 saturated carbocycles. The van der Waals surface area contributed by atoms with Crippen molar-refractivity contribution in [1.82, 2.24) is 9.13 Å². The molecule has 0 radical (unpaired) electrons. The number of carbonyl (C=O) groups excluding carboxylic acids is 1. The molecule has 29 heavy (non-hydrogen) atoms. The Morgan fingerprint density at radius 1 is 1.21 bits per heavy atom. The van der Waals surface area contributed by atoms with Gasteiger partial charge in [0.05, 0.1) is 23.9 Å². The molecule has 1 aromatic heterocycles. The quantitative estimate of drug-likeness (QED) is 0.723. The minimum absolute atomic E-state index is 0.117. The minimum Gasteiger partial charge on any atom is -0.383 e. The van der Waals surface area contributed by atoms with Gasteiger partial charge in [0.1, 0.15) is 18.1 Å². The van der Waals surface area contributed by atoms with Gasteiger partial charge in [0.25, 0.3) is 5.56 Å². The summed E-state index contributed by atoms with van der Waals surface area (Å²) in [5.41, 5.74) is 5.63. The SMILES string of the molecule is CCCn1c(N)c(N2CCOCC2)c(=O)n(CC(=O)Nc2ccccc2Cl)c1=O. The third-order valence-corrected chi connectivity index (χ3v) is 5.00. The van der Waals surface area contributed by atoms with Crippen LogP contribution in [0.3, 0.4) is 0 Å². The van der Waals surface area contributed by atoms with Crippen molar-refractivity contribution in [1.29, 1.82) is 0 Å². The van der Waals surface area contributed by atoms with Gasteiger partial charge in [-0.3, -0.25) is 14.2 Å². The number of ether oxygens (including phenoxy) is 1. The van der Waals surface area contributed by atoms with Crippen LogP contribution in [0, 0.1) is 0 Å². The molecule has 9 nitrogen and oxygen atoms in total. The molecule has 1 aliphatic rings. The van der Waals surface area contributed by atoms with Crippen LogP contribution in [0.5, 0.6) is 0 Å². The topological polar surface area (TPSA) is 112 Å². The van der Waals surface area contributed by atoms with E-state index in [4.69, 9.17) is 22.1 Å². The molecule has 0 aliphatic carbocycles. The summed E-state index contributed by atoms with van der Waals surface area (Å²) < 4.78 is 7.60. The molecule has 10 heteroatoms. The van der Waals surface area contributed by atoms with E-state index in [0.717, 1.165) is 4.57 Å². The number of amides is 1. The molecule has 0 unspecified atom stereocenters. The maximum absolute atomic E-state index is 13.1. The van der Waals surface area contributed by atoms with Gasteiger partial charge < -0.3 is 20.7 Å². The number of aromatic nitrogens is 2. The van der Waals surface area contributed by atoms with Gasteiger partial charge in [-0.05, 0) is 18.6 Å². The number of nitrogen functional groups attached to an aromatic ring is 1. The van der Waals surface area contributed by atoms with E-state index in [-0.39, 0.29) is 11.5 Å². The van der Waals surface area contributed by atoms with Crippen LogP contribution in [-0.4, -0.2) is 41.3 Å². The van der Waals surface area contributed by atoms with E-state index in [9.17, 15) is 14.4 Å². The summed E-state index contributed by atoms with van der Waals surface area (Å²) in [7, 11) is 0. The van der Waals surface area contributed by atoms with Gasteiger partial charge in [0, 0.05) is 19.6 Å². The Labute approximate surface area is 172 Å². The highest BCUT2D eigenvalue weighted by Crippen LogP contribution is 2.21. The van der Waals surface area contributed by atoms with Gasteiger partial charge >= 0.3 is 5.69 Å². The summed E-state index contributed by atoms with van der Waals surface area (Å²) in [5.74, 6) is -0.412. The first-order valence-electron chi connectivity index (χ1n) is 9.44. The number of para-hydroxylation sites is 1. The number of halogens is 1. The highest BCUT2D eigenvalue weighted by Gasteiger charge is 2.24. The number of rotatable bonds is 6. The van der Waals surface area contributed by atoms with E-state index >= 15 is 0 Å². The number of benzene rings is 1. The molecular formula is C19H24ClN5O4. The van der Waals surface area contributed by atoms with Crippen LogP contribution in [0.25, 0.3) is 0 Å². The molecule has 1 aliphatic heterocycles. The lowest BCUT2D eigenvalue weighted by molar-refractivity contribution is -0.116. The van der Waals surface area contributed by atoms with Crippen molar-refractivity contribution in [3.05, 3.63) is 50.1 Å². The minimum atomic E-state index is -0.610. The highest BCUT2D eigenvalue weighted by molar-refractivity contribution is 6.33. The lowest BCUT2D eigenvalue weighted by Crippen LogP contribution is -2.48. The zero-order valence-electron chi connectivity index (χ0n) is 16.2. The van der Waals surface area contributed by atoms with Crippen molar-refractivity contribution in [3.8, 4) is 0 Å². The molecule has 0 spiro atoms. The Bertz CT molecular complexity index is 1010. The van der Waals surface area contributed by atoms with Crippen LogP contribution in [0.1, 0.15) is 13.3 Å². The zero-order valence-corrected chi connectivity index (χ0v) is 16.9. The summed E-state index contributed by atoms with van der Waals surface area (Å²) in [6.45, 7) is 3.68. The third-order valence-electron chi connectivity index (χ3n) is 4.67. The standard InChI is InChI=1S/C19H24ClN5O4/c1-2-7-24-17(21)16(23-8-10-29-11-9-23)18(27)25(19(24)28)12-15(26)22-14-6-4-3-5-13(14)20/h3-6H,2,7-12,21H2,1H3,(H,22,26). The number of morpholine rings is 1. The van der Waals surface area contributed by atoms with Crippen LogP contribution in [0.4, 0.5) is 17.2 Å². The second kappa shape index (κ2) is 9.15. The third kappa shape index (κ3) is 4.46. The fraction of sp³-hybridized carbons (Fsp3) is 0.421. The van der Waals surface area contributed by atoms with E-state index in [1.54, 1.807) is 29.2 Å². The van der Waals surface area contributed by atoms with Gasteiger partial charge in [-0.1, -0.05) is 30.7 Å². The summed E-state index contributed by atoms with van der Waals surface area (Å²) in [6, 6.07) is 6.74. The van der Waals surface area contributed by atoms with Gasteiger partial charge in [0.2, 0.25) is 5.91 Å². The van der Waals surface area contributed by atoms with Gasteiger partial charge in [0.15, 0.2) is 0 Å². The van der Waals surface area contributed by atoms with Gasteiger partial charge in [-0.25, -0.2) is 9.36 Å². The molecule has 0 bridgehead atoms. The highest BCUT2D eigenvalue weighted by atomic mass is 35.5.